The van der Waals surface area contributed by atoms with Crippen LogP contribution in [0.15, 0.2) is 54.9 Å². The topological polar surface area (TPSA) is 76.1 Å². The van der Waals surface area contributed by atoms with Crippen molar-refractivity contribution < 1.29 is 22.7 Å². The Balaban J connectivity index is 1.63. The summed E-state index contributed by atoms with van der Waals surface area (Å²) in [5.41, 5.74) is -0.150. The highest BCUT2D eigenvalue weighted by Gasteiger charge is 2.10. The predicted octanol–water partition coefficient (Wildman–Crippen LogP) is 4.33. The molecule has 26 heavy (non-hydrogen) atoms. The number of nitrogens with one attached hydrogen (secondary N) is 2. The van der Waals surface area contributed by atoms with Crippen LogP contribution in [0.5, 0.6) is 11.8 Å². The highest BCUT2D eigenvalue weighted by molar-refractivity contribution is 5.99. The summed E-state index contributed by atoms with van der Waals surface area (Å²) in [4.78, 5) is 19.5. The molecule has 132 valence electrons. The smallest absolute Gasteiger partial charge is 0.323 e. The Morgan fingerprint density at radius 3 is 2.38 bits per heavy atom. The predicted molar refractivity (Wildman–Crippen MR) is 87.5 cm³/mol. The quantitative estimate of drug-likeness (QED) is 0.726. The summed E-state index contributed by atoms with van der Waals surface area (Å²) >= 11 is 0. The average Bonchev–Trinajstić information content (AvgIpc) is 2.62. The van der Waals surface area contributed by atoms with Gasteiger partial charge in [-0.3, -0.25) is 0 Å². The molecule has 0 unspecified atom stereocenters. The van der Waals surface area contributed by atoms with Crippen LogP contribution in [0.2, 0.25) is 0 Å². The largest absolute Gasteiger partial charge is 0.421 e. The first-order valence-electron chi connectivity index (χ1n) is 7.29. The lowest BCUT2D eigenvalue weighted by Gasteiger charge is -2.09. The lowest BCUT2D eigenvalue weighted by Crippen LogP contribution is -2.20. The first kappa shape index (κ1) is 17.2. The van der Waals surface area contributed by atoms with Crippen LogP contribution in [0.4, 0.5) is 29.3 Å². The van der Waals surface area contributed by atoms with Crippen LogP contribution in [-0.4, -0.2) is 16.0 Å². The Bertz CT molecular complexity index is 936. The highest BCUT2D eigenvalue weighted by atomic mass is 19.1. The van der Waals surface area contributed by atoms with Crippen LogP contribution in [0.1, 0.15) is 0 Å². The third-order valence-corrected chi connectivity index (χ3v) is 3.10. The SMILES string of the molecule is O=C(Nc1cnc(Oc2ccccc2F)nc1)Nc1cc(F)ccc1F. The van der Waals surface area contributed by atoms with E-state index in [4.69, 9.17) is 4.74 Å². The Hall–Kier alpha value is -3.62. The van der Waals surface area contributed by atoms with Crippen molar-refractivity contribution in [2.45, 2.75) is 0 Å². The number of anilines is 2. The van der Waals surface area contributed by atoms with Crippen molar-refractivity contribution in [2.75, 3.05) is 10.6 Å². The lowest BCUT2D eigenvalue weighted by molar-refractivity contribution is 0.262. The zero-order chi connectivity index (χ0) is 18.5. The maximum absolute atomic E-state index is 13.5. The number of hydrogen-bond donors (Lipinski definition) is 2. The second kappa shape index (κ2) is 7.51. The highest BCUT2D eigenvalue weighted by Crippen LogP contribution is 2.21. The van der Waals surface area contributed by atoms with Gasteiger partial charge in [0, 0.05) is 6.07 Å². The van der Waals surface area contributed by atoms with Crippen LogP contribution in [0.25, 0.3) is 0 Å². The van der Waals surface area contributed by atoms with E-state index in [1.165, 1.54) is 30.6 Å². The fraction of sp³-hybridized carbons (Fsp3) is 0. The minimum atomic E-state index is -0.819. The number of carbonyl (C=O) groups is 1. The first-order valence-corrected chi connectivity index (χ1v) is 7.29. The molecule has 0 aliphatic rings. The molecule has 0 spiro atoms. The van der Waals surface area contributed by atoms with Crippen LogP contribution < -0.4 is 15.4 Å². The molecule has 0 saturated heterocycles. The number of ether oxygens (including phenoxy) is 1. The van der Waals surface area contributed by atoms with E-state index in [2.05, 4.69) is 20.6 Å². The Labute approximate surface area is 145 Å². The summed E-state index contributed by atoms with van der Waals surface area (Å²) in [5.74, 6) is -2.10. The number of rotatable bonds is 4. The van der Waals surface area contributed by atoms with Gasteiger partial charge < -0.3 is 15.4 Å². The Kier molecular flexibility index (Phi) is 4.97. The van der Waals surface area contributed by atoms with Crippen LogP contribution in [0.3, 0.4) is 0 Å². The van der Waals surface area contributed by atoms with E-state index in [0.29, 0.717) is 0 Å². The molecular formula is C17H11F3N4O2. The van der Waals surface area contributed by atoms with Crippen LogP contribution in [0, 0.1) is 17.5 Å². The second-order valence-electron chi connectivity index (χ2n) is 4.99. The minimum absolute atomic E-state index is 0.0486. The molecule has 6 nitrogen and oxygen atoms in total. The first-order chi connectivity index (χ1) is 12.5. The van der Waals surface area contributed by atoms with E-state index in [1.807, 2.05) is 0 Å². The molecule has 2 amide bonds. The molecule has 1 aromatic heterocycles. The number of benzene rings is 2. The Morgan fingerprint density at radius 1 is 0.923 bits per heavy atom. The third-order valence-electron chi connectivity index (χ3n) is 3.10. The van der Waals surface area contributed by atoms with Gasteiger partial charge in [-0.2, -0.15) is 0 Å². The van der Waals surface area contributed by atoms with Gasteiger partial charge in [0.15, 0.2) is 11.6 Å². The van der Waals surface area contributed by atoms with Gasteiger partial charge in [-0.25, -0.2) is 27.9 Å². The summed E-state index contributed by atoms with van der Waals surface area (Å²) in [7, 11) is 0. The van der Waals surface area contributed by atoms with Crippen molar-refractivity contribution in [2.24, 2.45) is 0 Å². The van der Waals surface area contributed by atoms with E-state index in [-0.39, 0.29) is 23.1 Å². The molecule has 2 N–H and O–H groups in total. The molecule has 0 bridgehead atoms. The van der Waals surface area contributed by atoms with Gasteiger partial charge in [0.25, 0.3) is 0 Å². The van der Waals surface area contributed by atoms with E-state index in [9.17, 15) is 18.0 Å². The number of para-hydroxylation sites is 1. The van der Waals surface area contributed by atoms with Crippen LogP contribution in [-0.2, 0) is 0 Å². The number of urea groups is 1. The van der Waals surface area contributed by atoms with Crippen molar-refractivity contribution in [3.8, 4) is 11.8 Å². The molecule has 0 aliphatic carbocycles. The number of nitrogens with zero attached hydrogens (tertiary/aromatic N) is 2. The van der Waals surface area contributed by atoms with Gasteiger partial charge >= 0.3 is 12.0 Å². The van der Waals surface area contributed by atoms with E-state index in [1.54, 1.807) is 6.07 Å². The van der Waals surface area contributed by atoms with Crippen molar-refractivity contribution >= 4 is 17.4 Å². The van der Waals surface area contributed by atoms with Gasteiger partial charge in [-0.05, 0) is 24.3 Å². The number of halogens is 3. The third kappa shape index (κ3) is 4.26. The second-order valence-corrected chi connectivity index (χ2v) is 4.99. The van der Waals surface area contributed by atoms with Crippen molar-refractivity contribution in [3.63, 3.8) is 0 Å². The van der Waals surface area contributed by atoms with E-state index < -0.39 is 23.5 Å². The molecule has 2 aromatic carbocycles. The summed E-state index contributed by atoms with van der Waals surface area (Å²) in [6, 6.07) is 7.45. The fourth-order valence-electron chi connectivity index (χ4n) is 1.94. The van der Waals surface area contributed by atoms with Gasteiger partial charge in [0.05, 0.1) is 23.8 Å². The summed E-state index contributed by atoms with van der Waals surface area (Å²) in [5, 5.41) is 4.51. The zero-order valence-electron chi connectivity index (χ0n) is 13.0. The van der Waals surface area contributed by atoms with Gasteiger partial charge in [-0.1, -0.05) is 12.1 Å². The molecule has 1 heterocycles. The maximum Gasteiger partial charge on any atom is 0.323 e. The van der Waals surface area contributed by atoms with Gasteiger partial charge in [-0.15, -0.1) is 0 Å². The standard InChI is InChI=1S/C17H11F3N4O2/c18-10-5-6-12(19)14(7-10)24-16(25)23-11-8-21-17(22-9-11)26-15-4-2-1-3-13(15)20/h1-9H,(H2,23,24,25). The van der Waals surface area contributed by atoms with E-state index >= 15 is 0 Å². The average molecular weight is 360 g/mol. The molecule has 0 saturated carbocycles. The van der Waals surface area contributed by atoms with Gasteiger partial charge in [0.1, 0.15) is 11.6 Å². The number of hydrogen-bond acceptors (Lipinski definition) is 4. The molecule has 9 heteroatoms. The molecule has 0 radical (unpaired) electrons. The maximum atomic E-state index is 13.5. The summed E-state index contributed by atoms with van der Waals surface area (Å²) in [6.45, 7) is 0. The normalized spacial score (nSPS) is 10.3. The molecule has 3 rings (SSSR count). The molecule has 0 atom stereocenters. The summed E-state index contributed by atoms with van der Waals surface area (Å²) < 4.78 is 45.2. The van der Waals surface area contributed by atoms with E-state index in [0.717, 1.165) is 18.2 Å². The van der Waals surface area contributed by atoms with Crippen molar-refractivity contribution in [1.29, 1.82) is 0 Å². The number of amides is 2. The van der Waals surface area contributed by atoms with Crippen molar-refractivity contribution in [1.82, 2.24) is 9.97 Å². The van der Waals surface area contributed by atoms with Gasteiger partial charge in [0.2, 0.25) is 0 Å². The molecule has 3 aromatic rings. The number of carbonyl (C=O) groups excluding carboxylic acids is 1. The Morgan fingerprint density at radius 2 is 1.65 bits per heavy atom. The number of aromatic nitrogens is 2. The lowest BCUT2D eigenvalue weighted by atomic mass is 10.3. The molecular weight excluding hydrogens is 349 g/mol. The van der Waals surface area contributed by atoms with Crippen LogP contribution >= 0.6 is 0 Å². The summed E-state index contributed by atoms with van der Waals surface area (Å²) in [6.07, 6.45) is 2.43. The minimum Gasteiger partial charge on any atom is -0.421 e. The molecule has 0 fully saturated rings. The monoisotopic (exact) mass is 360 g/mol. The van der Waals surface area contributed by atoms with Crippen molar-refractivity contribution in [3.05, 3.63) is 72.3 Å². The fourth-order valence-corrected chi connectivity index (χ4v) is 1.94. The zero-order valence-corrected chi connectivity index (χ0v) is 13.0. The molecule has 0 aliphatic heterocycles.